The second-order valence-electron chi connectivity index (χ2n) is 7.22. The molecule has 5 nitrogen and oxygen atoms in total. The van der Waals surface area contributed by atoms with E-state index < -0.39 is 0 Å². The largest absolute Gasteiger partial charge is 0.342 e. The molecule has 2 saturated heterocycles. The number of carbonyl (C=O) groups is 2. The molecule has 2 aliphatic rings. The van der Waals surface area contributed by atoms with E-state index in [-0.39, 0.29) is 17.7 Å². The van der Waals surface area contributed by atoms with Crippen LogP contribution in [0.4, 0.5) is 0 Å². The van der Waals surface area contributed by atoms with Crippen molar-refractivity contribution in [3.8, 4) is 0 Å². The summed E-state index contributed by atoms with van der Waals surface area (Å²) < 4.78 is 0. The van der Waals surface area contributed by atoms with Crippen molar-refractivity contribution in [2.45, 2.75) is 19.3 Å². The second-order valence-corrected chi connectivity index (χ2v) is 8.03. The summed E-state index contributed by atoms with van der Waals surface area (Å²) in [5.74, 6) is 0.524. The molecule has 2 unspecified atom stereocenters. The number of amides is 2. The fraction of sp³-hybridized carbons (Fsp3) is 0.579. The maximum Gasteiger partial charge on any atom is 0.253 e. The summed E-state index contributed by atoms with van der Waals surface area (Å²) in [4.78, 5) is 29.4. The second kappa shape index (κ2) is 8.59. The third-order valence-electron chi connectivity index (χ3n) is 5.31. The molecule has 0 bridgehead atoms. The van der Waals surface area contributed by atoms with Crippen LogP contribution in [0.2, 0.25) is 10.0 Å². The molecule has 2 fully saturated rings. The smallest absolute Gasteiger partial charge is 0.253 e. The van der Waals surface area contributed by atoms with Gasteiger partial charge in [-0.3, -0.25) is 9.59 Å². The van der Waals surface area contributed by atoms with Crippen LogP contribution in [0.25, 0.3) is 0 Å². The molecule has 0 aromatic heterocycles. The first-order valence-electron chi connectivity index (χ1n) is 9.17. The summed E-state index contributed by atoms with van der Waals surface area (Å²) in [6, 6.07) is 4.92. The number of benzene rings is 1. The van der Waals surface area contributed by atoms with Crippen molar-refractivity contribution in [3.05, 3.63) is 33.8 Å². The summed E-state index contributed by atoms with van der Waals surface area (Å²) in [6.07, 6.45) is 2.74. The molecule has 142 valence electrons. The van der Waals surface area contributed by atoms with Gasteiger partial charge in [0.2, 0.25) is 5.91 Å². The van der Waals surface area contributed by atoms with Crippen LogP contribution in [0, 0.1) is 11.8 Å². The average molecular weight is 398 g/mol. The lowest BCUT2D eigenvalue weighted by Crippen LogP contribution is -2.46. The molecule has 2 atom stereocenters. The standard InChI is InChI=1S/C19H25Cl2N3O2/c1-22-10-13-6-8-24(11-13)19(26)15-3-2-7-23(12-15)18(25)14-4-5-16(20)17(21)9-14/h4-5,9,13,15,22H,2-3,6-8,10-12H2,1H3. The van der Waals surface area contributed by atoms with Crippen molar-refractivity contribution < 1.29 is 9.59 Å². The topological polar surface area (TPSA) is 52.7 Å². The zero-order chi connectivity index (χ0) is 18.7. The van der Waals surface area contributed by atoms with E-state index in [0.717, 1.165) is 38.9 Å². The van der Waals surface area contributed by atoms with Crippen molar-refractivity contribution in [2.24, 2.45) is 11.8 Å². The molecule has 26 heavy (non-hydrogen) atoms. The summed E-state index contributed by atoms with van der Waals surface area (Å²) >= 11 is 12.0. The van der Waals surface area contributed by atoms with Crippen LogP contribution in [0.1, 0.15) is 29.6 Å². The normalized spacial score (nSPS) is 23.3. The molecule has 3 rings (SSSR count). The first kappa shape index (κ1) is 19.5. The molecule has 2 aliphatic heterocycles. The third kappa shape index (κ3) is 4.33. The van der Waals surface area contributed by atoms with Crippen LogP contribution >= 0.6 is 23.2 Å². The Bertz CT molecular complexity index is 683. The Morgan fingerprint density at radius 1 is 1.12 bits per heavy atom. The molecular weight excluding hydrogens is 373 g/mol. The first-order chi connectivity index (χ1) is 12.5. The highest BCUT2D eigenvalue weighted by molar-refractivity contribution is 6.42. The lowest BCUT2D eigenvalue weighted by atomic mass is 9.96. The minimum Gasteiger partial charge on any atom is -0.342 e. The highest BCUT2D eigenvalue weighted by atomic mass is 35.5. The van der Waals surface area contributed by atoms with E-state index in [4.69, 9.17) is 23.2 Å². The van der Waals surface area contributed by atoms with Gasteiger partial charge in [0, 0.05) is 31.7 Å². The van der Waals surface area contributed by atoms with Gasteiger partial charge in [-0.05, 0) is 57.0 Å². The first-order valence-corrected chi connectivity index (χ1v) is 9.93. The van der Waals surface area contributed by atoms with Crippen molar-refractivity contribution in [2.75, 3.05) is 39.8 Å². The van der Waals surface area contributed by atoms with E-state index in [0.29, 0.717) is 34.6 Å². The number of nitrogens with zero attached hydrogens (tertiary/aromatic N) is 2. The Kier molecular flexibility index (Phi) is 6.43. The molecule has 1 aromatic carbocycles. The number of nitrogens with one attached hydrogen (secondary N) is 1. The minimum atomic E-state index is -0.108. The molecule has 0 saturated carbocycles. The quantitative estimate of drug-likeness (QED) is 0.849. The van der Waals surface area contributed by atoms with Crippen molar-refractivity contribution >= 4 is 35.0 Å². The molecule has 1 aromatic rings. The van der Waals surface area contributed by atoms with Gasteiger partial charge in [-0.2, -0.15) is 0 Å². The number of halogens is 2. The van der Waals surface area contributed by atoms with Gasteiger partial charge in [0.05, 0.1) is 16.0 Å². The number of carbonyl (C=O) groups excluding carboxylic acids is 2. The van der Waals surface area contributed by atoms with Gasteiger partial charge >= 0.3 is 0 Å². The van der Waals surface area contributed by atoms with E-state index in [2.05, 4.69) is 5.32 Å². The maximum absolute atomic E-state index is 12.9. The Balaban J connectivity index is 1.62. The minimum absolute atomic E-state index is 0.0875. The van der Waals surface area contributed by atoms with Gasteiger partial charge < -0.3 is 15.1 Å². The van der Waals surface area contributed by atoms with Gasteiger partial charge in [0.1, 0.15) is 0 Å². The van der Waals surface area contributed by atoms with Crippen molar-refractivity contribution in [3.63, 3.8) is 0 Å². The van der Waals surface area contributed by atoms with Gasteiger partial charge in [0.25, 0.3) is 5.91 Å². The van der Waals surface area contributed by atoms with Gasteiger partial charge in [-0.1, -0.05) is 23.2 Å². The highest BCUT2D eigenvalue weighted by Crippen LogP contribution is 2.26. The van der Waals surface area contributed by atoms with Gasteiger partial charge in [0.15, 0.2) is 0 Å². The van der Waals surface area contributed by atoms with Crippen LogP contribution in [-0.2, 0) is 4.79 Å². The average Bonchev–Trinajstić information content (AvgIpc) is 3.12. The lowest BCUT2D eigenvalue weighted by Gasteiger charge is -2.34. The van der Waals surface area contributed by atoms with Crippen LogP contribution in [0.5, 0.6) is 0 Å². The fourth-order valence-electron chi connectivity index (χ4n) is 3.92. The van der Waals surface area contributed by atoms with Crippen molar-refractivity contribution in [1.82, 2.24) is 15.1 Å². The Labute approximate surface area is 164 Å². The molecule has 0 aliphatic carbocycles. The monoisotopic (exact) mass is 397 g/mol. The van der Waals surface area contributed by atoms with Gasteiger partial charge in [-0.15, -0.1) is 0 Å². The zero-order valence-electron chi connectivity index (χ0n) is 15.0. The molecule has 0 radical (unpaired) electrons. The molecule has 2 amide bonds. The number of hydrogen-bond acceptors (Lipinski definition) is 3. The van der Waals surface area contributed by atoms with Gasteiger partial charge in [-0.25, -0.2) is 0 Å². The van der Waals surface area contributed by atoms with E-state index in [1.54, 1.807) is 23.1 Å². The summed E-state index contributed by atoms with van der Waals surface area (Å²) in [5.41, 5.74) is 0.516. The lowest BCUT2D eigenvalue weighted by molar-refractivity contribution is -0.136. The number of hydrogen-bond donors (Lipinski definition) is 1. The molecule has 1 N–H and O–H groups in total. The van der Waals surface area contributed by atoms with E-state index >= 15 is 0 Å². The Morgan fingerprint density at radius 2 is 1.92 bits per heavy atom. The summed E-state index contributed by atoms with van der Waals surface area (Å²) in [7, 11) is 1.94. The van der Waals surface area contributed by atoms with E-state index in [9.17, 15) is 9.59 Å². The predicted octanol–water partition coefficient (Wildman–Crippen LogP) is 2.91. The number of piperidine rings is 1. The molecular formula is C19H25Cl2N3O2. The van der Waals surface area contributed by atoms with Crippen LogP contribution < -0.4 is 5.32 Å². The molecule has 7 heteroatoms. The van der Waals surface area contributed by atoms with Crippen LogP contribution in [0.15, 0.2) is 18.2 Å². The number of likely N-dealkylation sites (tertiary alicyclic amines) is 2. The Morgan fingerprint density at radius 3 is 2.65 bits per heavy atom. The third-order valence-corrected chi connectivity index (χ3v) is 6.05. The molecule has 0 spiro atoms. The predicted molar refractivity (Wildman–Crippen MR) is 104 cm³/mol. The molecule has 2 heterocycles. The van der Waals surface area contributed by atoms with E-state index in [1.807, 2.05) is 11.9 Å². The number of rotatable bonds is 4. The van der Waals surface area contributed by atoms with Crippen molar-refractivity contribution in [1.29, 1.82) is 0 Å². The van der Waals surface area contributed by atoms with Crippen LogP contribution in [-0.4, -0.2) is 61.4 Å². The van der Waals surface area contributed by atoms with Crippen LogP contribution in [0.3, 0.4) is 0 Å². The zero-order valence-corrected chi connectivity index (χ0v) is 16.5. The summed E-state index contributed by atoms with van der Waals surface area (Å²) in [6.45, 7) is 3.73. The van der Waals surface area contributed by atoms with E-state index in [1.165, 1.54) is 0 Å². The Hall–Kier alpha value is -1.30. The fourth-order valence-corrected chi connectivity index (χ4v) is 4.22. The maximum atomic E-state index is 12.9. The highest BCUT2D eigenvalue weighted by Gasteiger charge is 2.34. The summed E-state index contributed by atoms with van der Waals surface area (Å²) in [5, 5.41) is 3.99. The SMILES string of the molecule is CNCC1CCN(C(=O)C2CCCN(C(=O)c3ccc(Cl)c(Cl)c3)C2)C1.